The molecule has 0 saturated heterocycles. The first-order valence-electron chi connectivity index (χ1n) is 3.07. The van der Waals surface area contributed by atoms with Crippen LogP contribution in [0.25, 0.3) is 0 Å². The van der Waals surface area contributed by atoms with Crippen molar-refractivity contribution in [2.45, 2.75) is 5.51 Å². The Morgan fingerprint density at radius 2 is 1.93 bits per heavy atom. The second-order valence-corrected chi connectivity index (χ2v) is 3.61. The van der Waals surface area contributed by atoms with Crippen molar-refractivity contribution in [3.8, 4) is 0 Å². The second kappa shape index (κ2) is 6.05. The van der Waals surface area contributed by atoms with Gasteiger partial charge in [-0.1, -0.05) is 12.7 Å². The molecule has 0 aromatic carbocycles. The summed E-state index contributed by atoms with van der Waals surface area (Å²) < 4.78 is 60.1. The van der Waals surface area contributed by atoms with E-state index in [9.17, 15) is 26.4 Å². The maximum absolute atomic E-state index is 11.6. The molecule has 0 atom stereocenters. The Morgan fingerprint density at radius 1 is 1.47 bits per heavy atom. The first-order chi connectivity index (χ1) is 6.20. The van der Waals surface area contributed by atoms with Crippen LogP contribution in [-0.2, 0) is 14.8 Å². The molecule has 0 radical (unpaired) electrons. The molecular formula is C5H7F3LiNO4S. The van der Waals surface area contributed by atoms with Crippen LogP contribution in [0.2, 0.25) is 0 Å². The molecule has 0 saturated carbocycles. The average Bonchev–Trinajstić information content (AvgIpc) is 1.97. The zero-order chi connectivity index (χ0) is 11.4. The van der Waals surface area contributed by atoms with Crippen LogP contribution in [0.1, 0.15) is 0 Å². The molecule has 0 spiro atoms. The molecule has 0 heterocycles. The Labute approximate surface area is 95.9 Å². The fourth-order valence-corrected chi connectivity index (χ4v) is 0.726. The minimum atomic E-state index is -5.69. The SMILES string of the molecule is C=CCOC(=O)NS(=O)(=O)C(F)(F)F.[LiH]. The van der Waals surface area contributed by atoms with Crippen LogP contribution >= 0.6 is 0 Å². The maximum atomic E-state index is 11.6. The van der Waals surface area contributed by atoms with E-state index in [4.69, 9.17) is 0 Å². The quantitative estimate of drug-likeness (QED) is 0.561. The van der Waals surface area contributed by atoms with Crippen molar-refractivity contribution < 1.29 is 31.1 Å². The Morgan fingerprint density at radius 3 is 2.27 bits per heavy atom. The van der Waals surface area contributed by atoms with E-state index in [2.05, 4.69) is 11.3 Å². The van der Waals surface area contributed by atoms with E-state index in [1.807, 2.05) is 0 Å². The number of carbonyl (C=O) groups is 1. The number of hydrogen-bond donors (Lipinski definition) is 1. The van der Waals surface area contributed by atoms with Crippen LogP contribution in [0.4, 0.5) is 18.0 Å². The molecule has 0 aromatic rings. The number of nitrogens with one attached hydrogen (secondary N) is 1. The summed E-state index contributed by atoms with van der Waals surface area (Å²) in [7, 11) is -5.69. The molecule has 0 aliphatic rings. The Balaban J connectivity index is 0. The molecule has 15 heavy (non-hydrogen) atoms. The molecule has 0 unspecified atom stereocenters. The van der Waals surface area contributed by atoms with E-state index >= 15 is 0 Å². The van der Waals surface area contributed by atoms with Gasteiger partial charge in [0, 0.05) is 0 Å². The summed E-state index contributed by atoms with van der Waals surface area (Å²) in [6.45, 7) is 2.71. The van der Waals surface area contributed by atoms with Gasteiger partial charge >= 0.3 is 40.5 Å². The monoisotopic (exact) mass is 241 g/mol. The Bertz CT molecular complexity index is 326. The first kappa shape index (κ1) is 16.8. The molecule has 10 heteroatoms. The number of alkyl halides is 3. The minimum absolute atomic E-state index is 0. The fraction of sp³-hybridized carbons (Fsp3) is 0.400. The van der Waals surface area contributed by atoms with E-state index < -0.39 is 21.6 Å². The first-order valence-corrected chi connectivity index (χ1v) is 4.56. The van der Waals surface area contributed by atoms with Gasteiger partial charge in [-0.15, -0.1) is 0 Å². The summed E-state index contributed by atoms with van der Waals surface area (Å²) in [5.41, 5.74) is -5.54. The van der Waals surface area contributed by atoms with Gasteiger partial charge in [-0.25, -0.2) is 9.52 Å². The number of sulfonamides is 1. The molecule has 0 bridgehead atoms. The van der Waals surface area contributed by atoms with Gasteiger partial charge in [0.1, 0.15) is 6.61 Å². The topological polar surface area (TPSA) is 72.5 Å². The summed E-state index contributed by atoms with van der Waals surface area (Å²) in [6, 6.07) is 0. The zero-order valence-electron chi connectivity index (χ0n) is 6.67. The fourth-order valence-electron chi connectivity index (χ4n) is 0.332. The molecule has 0 aromatic heterocycles. The van der Waals surface area contributed by atoms with E-state index in [-0.39, 0.29) is 25.5 Å². The molecule has 0 aliphatic carbocycles. The molecule has 0 rings (SSSR count). The molecule has 1 amide bonds. The van der Waals surface area contributed by atoms with Gasteiger partial charge in [-0.05, 0) is 0 Å². The van der Waals surface area contributed by atoms with Crippen molar-refractivity contribution in [3.05, 3.63) is 12.7 Å². The molecule has 0 fully saturated rings. The van der Waals surface area contributed by atoms with Crippen LogP contribution in [0.5, 0.6) is 0 Å². The summed E-state index contributed by atoms with van der Waals surface area (Å²) in [5.74, 6) is 0. The van der Waals surface area contributed by atoms with E-state index in [0.29, 0.717) is 4.72 Å². The zero-order valence-corrected chi connectivity index (χ0v) is 7.48. The van der Waals surface area contributed by atoms with Crippen molar-refractivity contribution in [3.63, 3.8) is 0 Å². The van der Waals surface area contributed by atoms with Crippen LogP contribution < -0.4 is 4.72 Å². The van der Waals surface area contributed by atoms with Gasteiger partial charge in [0.15, 0.2) is 0 Å². The van der Waals surface area contributed by atoms with Crippen molar-refractivity contribution in [1.29, 1.82) is 0 Å². The van der Waals surface area contributed by atoms with Gasteiger partial charge in [-0.3, -0.25) is 0 Å². The third-order valence-electron chi connectivity index (χ3n) is 0.855. The van der Waals surface area contributed by atoms with Gasteiger partial charge < -0.3 is 4.74 Å². The van der Waals surface area contributed by atoms with Gasteiger partial charge in [0.25, 0.3) is 0 Å². The Hall–Kier alpha value is -0.653. The predicted octanol–water partition coefficient (Wildman–Crippen LogP) is 0.0997. The molecular weight excluding hydrogens is 234 g/mol. The standard InChI is InChI=1S/C5H6F3NO4S.Li.H/c1-2-3-13-4(10)9-14(11,12)5(6,7)8;;/h2H,1,3H2,(H,9,10);;. The van der Waals surface area contributed by atoms with Gasteiger partial charge in [0.2, 0.25) is 0 Å². The predicted molar refractivity (Wildman–Crippen MR) is 46.8 cm³/mol. The normalized spacial score (nSPS) is 11.1. The number of amides is 1. The van der Waals surface area contributed by atoms with Crippen molar-refractivity contribution >= 4 is 35.0 Å². The number of carbonyl (C=O) groups excluding carboxylic acids is 1. The third kappa shape index (κ3) is 5.71. The molecule has 1 N–H and O–H groups in total. The second-order valence-electron chi connectivity index (χ2n) is 1.94. The van der Waals surface area contributed by atoms with Crippen molar-refractivity contribution in [1.82, 2.24) is 4.72 Å². The third-order valence-corrected chi connectivity index (χ3v) is 1.90. The summed E-state index contributed by atoms with van der Waals surface area (Å²) in [5, 5.41) is 0. The number of hydrogen-bond acceptors (Lipinski definition) is 4. The van der Waals surface area contributed by atoms with E-state index in [0.717, 1.165) is 6.08 Å². The van der Waals surface area contributed by atoms with Gasteiger partial charge in [0.05, 0.1) is 0 Å². The van der Waals surface area contributed by atoms with Crippen molar-refractivity contribution in [2.75, 3.05) is 6.61 Å². The van der Waals surface area contributed by atoms with E-state index in [1.54, 1.807) is 0 Å². The van der Waals surface area contributed by atoms with Crippen LogP contribution in [0, 0.1) is 0 Å². The van der Waals surface area contributed by atoms with E-state index in [1.165, 1.54) is 0 Å². The average molecular weight is 241 g/mol. The molecule has 5 nitrogen and oxygen atoms in total. The van der Waals surface area contributed by atoms with Crippen LogP contribution in [0.3, 0.4) is 0 Å². The Kier molecular flexibility index (Phi) is 6.76. The molecule has 84 valence electrons. The van der Waals surface area contributed by atoms with Gasteiger partial charge in [-0.2, -0.15) is 21.6 Å². The summed E-state index contributed by atoms with van der Waals surface area (Å²) >= 11 is 0. The molecule has 0 aliphatic heterocycles. The summed E-state index contributed by atoms with van der Waals surface area (Å²) in [4.78, 5) is 10.4. The number of rotatable bonds is 3. The van der Waals surface area contributed by atoms with Crippen molar-refractivity contribution in [2.24, 2.45) is 0 Å². The number of halogens is 3. The van der Waals surface area contributed by atoms with Crippen LogP contribution in [-0.4, -0.2) is 45.5 Å². The summed E-state index contributed by atoms with van der Waals surface area (Å²) in [6.07, 6.45) is -0.637. The number of ether oxygens (including phenoxy) is 1. The van der Waals surface area contributed by atoms with Crippen LogP contribution in [0.15, 0.2) is 12.7 Å².